The number of esters is 1. The molecule has 5 nitrogen and oxygen atoms in total. The van der Waals surface area contributed by atoms with Crippen molar-refractivity contribution in [1.29, 1.82) is 0 Å². The van der Waals surface area contributed by atoms with E-state index in [0.29, 0.717) is 29.4 Å². The van der Waals surface area contributed by atoms with Crippen LogP contribution in [0.2, 0.25) is 5.02 Å². The lowest BCUT2D eigenvalue weighted by Gasteiger charge is -2.34. The van der Waals surface area contributed by atoms with E-state index in [1.165, 1.54) is 11.0 Å². The number of nitrogens with zero attached hydrogens (tertiary/aromatic N) is 1. The fourth-order valence-electron chi connectivity index (χ4n) is 3.55. The van der Waals surface area contributed by atoms with E-state index in [4.69, 9.17) is 21.1 Å². The van der Waals surface area contributed by atoms with Crippen LogP contribution in [-0.4, -0.2) is 37.0 Å². The fraction of sp³-hybridized carbons (Fsp3) is 0.304. The van der Waals surface area contributed by atoms with Crippen molar-refractivity contribution in [3.05, 3.63) is 81.8 Å². The molecule has 3 rings (SSSR count). The summed E-state index contributed by atoms with van der Waals surface area (Å²) in [7, 11) is 1.55. The third-order valence-electron chi connectivity index (χ3n) is 5.15. The SMILES string of the molecule is COCCN1C(=O)CC(c2ccc(Cl)cc2)C(C(=O)OCc2ccccc2F)=C1C. The van der Waals surface area contributed by atoms with Crippen LogP contribution < -0.4 is 0 Å². The van der Waals surface area contributed by atoms with Crippen molar-refractivity contribution < 1.29 is 23.5 Å². The number of ether oxygens (including phenoxy) is 2. The predicted octanol–water partition coefficient (Wildman–Crippen LogP) is 4.46. The molecule has 0 aliphatic carbocycles. The van der Waals surface area contributed by atoms with E-state index in [2.05, 4.69) is 0 Å². The zero-order chi connectivity index (χ0) is 21.7. The fourth-order valence-corrected chi connectivity index (χ4v) is 3.68. The van der Waals surface area contributed by atoms with Crippen LogP contribution in [0.1, 0.15) is 30.4 Å². The van der Waals surface area contributed by atoms with Gasteiger partial charge in [0.2, 0.25) is 5.91 Å². The Hall–Kier alpha value is -2.70. The van der Waals surface area contributed by atoms with Crippen LogP contribution >= 0.6 is 11.6 Å². The second-order valence-corrected chi connectivity index (χ2v) is 7.45. The highest BCUT2D eigenvalue weighted by atomic mass is 35.5. The van der Waals surface area contributed by atoms with Gasteiger partial charge in [0.15, 0.2) is 0 Å². The van der Waals surface area contributed by atoms with Gasteiger partial charge in [-0.1, -0.05) is 41.9 Å². The lowest BCUT2D eigenvalue weighted by atomic mass is 9.83. The molecule has 2 aromatic rings. The third kappa shape index (κ3) is 4.89. The maximum atomic E-state index is 13.9. The van der Waals surface area contributed by atoms with Crippen molar-refractivity contribution in [3.63, 3.8) is 0 Å². The minimum absolute atomic E-state index is 0.102. The Morgan fingerprint density at radius 3 is 2.57 bits per heavy atom. The lowest BCUT2D eigenvalue weighted by Crippen LogP contribution is -2.40. The largest absolute Gasteiger partial charge is 0.457 e. The van der Waals surface area contributed by atoms with E-state index in [0.717, 1.165) is 5.56 Å². The number of carbonyl (C=O) groups excluding carboxylic acids is 2. The Labute approximate surface area is 180 Å². The summed E-state index contributed by atoms with van der Waals surface area (Å²) in [5, 5.41) is 0.562. The number of hydrogen-bond donors (Lipinski definition) is 0. The topological polar surface area (TPSA) is 55.8 Å². The average Bonchev–Trinajstić information content (AvgIpc) is 2.73. The lowest BCUT2D eigenvalue weighted by molar-refractivity contribution is -0.141. The number of amides is 1. The van der Waals surface area contributed by atoms with E-state index >= 15 is 0 Å². The molecule has 1 amide bonds. The Kier molecular flexibility index (Phi) is 7.24. The summed E-state index contributed by atoms with van der Waals surface area (Å²) in [6.07, 6.45) is 0.118. The molecule has 2 aromatic carbocycles. The molecule has 0 spiro atoms. The van der Waals surface area contributed by atoms with Crippen molar-refractivity contribution in [2.24, 2.45) is 0 Å². The van der Waals surface area contributed by atoms with Crippen LogP contribution in [0.25, 0.3) is 0 Å². The summed E-state index contributed by atoms with van der Waals surface area (Å²) in [6.45, 7) is 2.20. The molecule has 7 heteroatoms. The van der Waals surface area contributed by atoms with Crippen LogP contribution in [0.4, 0.5) is 4.39 Å². The van der Waals surface area contributed by atoms with Gasteiger partial charge in [-0.05, 0) is 30.7 Å². The van der Waals surface area contributed by atoms with Crippen LogP contribution in [0.15, 0.2) is 59.8 Å². The van der Waals surface area contributed by atoms with Gasteiger partial charge >= 0.3 is 5.97 Å². The number of methoxy groups -OCH3 is 1. The maximum Gasteiger partial charge on any atom is 0.336 e. The van der Waals surface area contributed by atoms with Gasteiger partial charge in [0.25, 0.3) is 0 Å². The van der Waals surface area contributed by atoms with Gasteiger partial charge in [0, 0.05) is 42.3 Å². The first-order valence-electron chi connectivity index (χ1n) is 9.58. The summed E-state index contributed by atoms with van der Waals surface area (Å²) in [5.74, 6) is -1.59. The number of benzene rings is 2. The molecule has 0 aromatic heterocycles. The van der Waals surface area contributed by atoms with E-state index in [1.807, 2.05) is 0 Å². The molecule has 0 N–H and O–H groups in total. The predicted molar refractivity (Wildman–Crippen MR) is 111 cm³/mol. The molecule has 158 valence electrons. The van der Waals surface area contributed by atoms with Crippen molar-refractivity contribution in [3.8, 4) is 0 Å². The summed E-state index contributed by atoms with van der Waals surface area (Å²) in [5.41, 5.74) is 1.97. The van der Waals surface area contributed by atoms with E-state index < -0.39 is 17.7 Å². The van der Waals surface area contributed by atoms with Gasteiger partial charge in [-0.2, -0.15) is 0 Å². The smallest absolute Gasteiger partial charge is 0.336 e. The molecular weight excluding hydrogens is 409 g/mol. The van der Waals surface area contributed by atoms with Gasteiger partial charge in [-0.3, -0.25) is 4.79 Å². The minimum Gasteiger partial charge on any atom is -0.457 e. The molecule has 1 unspecified atom stereocenters. The molecular formula is C23H23ClFNO4. The standard InChI is InChI=1S/C23H23ClFNO4/c1-15-22(23(28)30-14-17-5-3-4-6-20(17)25)19(16-7-9-18(24)10-8-16)13-21(27)26(15)11-12-29-2/h3-10,19H,11-14H2,1-2H3. The Morgan fingerprint density at radius 2 is 1.90 bits per heavy atom. The van der Waals surface area contributed by atoms with Crippen LogP contribution in [0.5, 0.6) is 0 Å². The third-order valence-corrected chi connectivity index (χ3v) is 5.40. The van der Waals surface area contributed by atoms with Crippen molar-refractivity contribution in [2.45, 2.75) is 25.9 Å². The van der Waals surface area contributed by atoms with Crippen LogP contribution in [0.3, 0.4) is 0 Å². The summed E-state index contributed by atoms with van der Waals surface area (Å²) in [4.78, 5) is 27.4. The molecule has 1 aliphatic heterocycles. The highest BCUT2D eigenvalue weighted by Gasteiger charge is 2.36. The number of carbonyl (C=O) groups is 2. The number of rotatable bonds is 7. The first-order valence-corrected chi connectivity index (χ1v) is 9.96. The quantitative estimate of drug-likeness (QED) is 0.607. The van der Waals surface area contributed by atoms with Crippen LogP contribution in [-0.2, 0) is 25.7 Å². The second kappa shape index (κ2) is 9.87. The van der Waals surface area contributed by atoms with E-state index in [1.54, 1.807) is 56.5 Å². The molecule has 1 heterocycles. The Morgan fingerprint density at radius 1 is 1.20 bits per heavy atom. The number of halogens is 2. The minimum atomic E-state index is -0.578. The molecule has 0 bridgehead atoms. The zero-order valence-electron chi connectivity index (χ0n) is 16.9. The molecule has 0 fully saturated rings. The Bertz CT molecular complexity index is 958. The van der Waals surface area contributed by atoms with E-state index in [-0.39, 0.29) is 24.5 Å². The molecule has 1 atom stereocenters. The van der Waals surface area contributed by atoms with Gasteiger partial charge in [0.1, 0.15) is 12.4 Å². The summed E-state index contributed by atoms with van der Waals surface area (Å²) >= 11 is 5.99. The molecule has 1 aliphatic rings. The first kappa shape index (κ1) is 22.0. The van der Waals surface area contributed by atoms with Gasteiger partial charge in [0.05, 0.1) is 12.2 Å². The monoisotopic (exact) mass is 431 g/mol. The van der Waals surface area contributed by atoms with Gasteiger partial charge in [-0.15, -0.1) is 0 Å². The molecule has 0 saturated heterocycles. The normalized spacial score (nSPS) is 16.7. The van der Waals surface area contributed by atoms with E-state index in [9.17, 15) is 14.0 Å². The van der Waals surface area contributed by atoms with Crippen molar-refractivity contribution in [1.82, 2.24) is 4.90 Å². The van der Waals surface area contributed by atoms with Crippen molar-refractivity contribution >= 4 is 23.5 Å². The second-order valence-electron chi connectivity index (χ2n) is 7.01. The van der Waals surface area contributed by atoms with Crippen LogP contribution in [0, 0.1) is 5.82 Å². The molecule has 0 radical (unpaired) electrons. The summed E-state index contributed by atoms with van der Waals surface area (Å²) < 4.78 is 24.4. The number of hydrogen-bond acceptors (Lipinski definition) is 4. The Balaban J connectivity index is 1.93. The number of allylic oxidation sites excluding steroid dienone is 1. The first-order chi connectivity index (χ1) is 14.4. The summed E-state index contributed by atoms with van der Waals surface area (Å²) in [6, 6.07) is 13.2. The van der Waals surface area contributed by atoms with Gasteiger partial charge in [-0.25, -0.2) is 9.18 Å². The van der Waals surface area contributed by atoms with Gasteiger partial charge < -0.3 is 14.4 Å². The highest BCUT2D eigenvalue weighted by molar-refractivity contribution is 6.30. The molecule has 30 heavy (non-hydrogen) atoms. The zero-order valence-corrected chi connectivity index (χ0v) is 17.6. The highest BCUT2D eigenvalue weighted by Crippen LogP contribution is 2.37. The van der Waals surface area contributed by atoms with Crippen molar-refractivity contribution in [2.75, 3.05) is 20.3 Å². The molecule has 0 saturated carbocycles. The maximum absolute atomic E-state index is 13.9. The average molecular weight is 432 g/mol.